The van der Waals surface area contributed by atoms with Crippen LogP contribution < -0.4 is 11.1 Å². The van der Waals surface area contributed by atoms with Crippen molar-refractivity contribution in [2.75, 3.05) is 56.9 Å². The number of urea groups is 1. The maximum atomic E-state index is 14.0. The van der Waals surface area contributed by atoms with Crippen molar-refractivity contribution in [3.05, 3.63) is 58.1 Å². The Labute approximate surface area is 284 Å². The van der Waals surface area contributed by atoms with Crippen LogP contribution in [-0.4, -0.2) is 95.3 Å². The summed E-state index contributed by atoms with van der Waals surface area (Å²) in [6.45, 7) is 4.67. The van der Waals surface area contributed by atoms with Crippen LogP contribution in [0.4, 0.5) is 29.3 Å². The van der Waals surface area contributed by atoms with Gasteiger partial charge in [-0.1, -0.05) is 29.8 Å². The van der Waals surface area contributed by atoms with E-state index >= 15 is 0 Å². The van der Waals surface area contributed by atoms with Crippen molar-refractivity contribution in [2.45, 2.75) is 76.0 Å². The summed E-state index contributed by atoms with van der Waals surface area (Å²) in [5, 5.41) is 2.78. The molecular formula is C35H44ClF3N6O3. The number of alkyl halides is 3. The Hall–Kier alpha value is -3.51. The van der Waals surface area contributed by atoms with E-state index in [9.17, 15) is 27.6 Å². The second kappa shape index (κ2) is 14.5. The first kappa shape index (κ1) is 34.4. The standard InChI is InChI=1S/C35H44ClF3N6O3/c36-29-21-23(20-28(32(29)40)35(37,38)39)19-25(33(47)44-16-8-26(9-17-44)42-12-3-4-13-42)22-31(46)43-14-10-27(11-15-43)45-18-7-24-5-1-2-6-30(24)41-34(45)48/h1-2,5-6,20-21,25-27H,3-4,7-19,22,40H2,(H,41,48)/t25-/m0/s1. The van der Waals surface area contributed by atoms with Gasteiger partial charge in [0.25, 0.3) is 0 Å². The third-order valence-electron chi connectivity index (χ3n) is 10.6. The van der Waals surface area contributed by atoms with Gasteiger partial charge >= 0.3 is 12.2 Å². The normalized spacial score (nSPS) is 20.8. The van der Waals surface area contributed by atoms with E-state index in [4.69, 9.17) is 17.3 Å². The van der Waals surface area contributed by atoms with Crippen molar-refractivity contribution in [2.24, 2.45) is 5.92 Å². The van der Waals surface area contributed by atoms with Gasteiger partial charge in [0.2, 0.25) is 11.8 Å². The number of carbonyl (C=O) groups is 3. The van der Waals surface area contributed by atoms with E-state index in [0.717, 1.165) is 49.7 Å². The molecule has 13 heteroatoms. The average Bonchev–Trinajstić information content (AvgIpc) is 3.56. The summed E-state index contributed by atoms with van der Waals surface area (Å²) in [4.78, 5) is 48.6. The minimum atomic E-state index is -4.71. The molecule has 6 rings (SSSR count). The molecule has 0 bridgehead atoms. The fourth-order valence-electron chi connectivity index (χ4n) is 7.88. The lowest BCUT2D eigenvalue weighted by molar-refractivity contribution is -0.143. The molecule has 4 amide bonds. The van der Waals surface area contributed by atoms with E-state index in [1.54, 1.807) is 9.80 Å². The third kappa shape index (κ3) is 7.70. The Bertz CT molecular complexity index is 1500. The number of benzene rings is 2. The van der Waals surface area contributed by atoms with Gasteiger partial charge in [-0.15, -0.1) is 0 Å². The molecule has 9 nitrogen and oxygen atoms in total. The van der Waals surface area contributed by atoms with Gasteiger partial charge in [0, 0.05) is 56.9 Å². The molecule has 48 heavy (non-hydrogen) atoms. The maximum absolute atomic E-state index is 14.0. The molecule has 4 aliphatic rings. The number of hydrogen-bond donors (Lipinski definition) is 2. The zero-order valence-electron chi connectivity index (χ0n) is 27.1. The van der Waals surface area contributed by atoms with Crippen molar-refractivity contribution in [3.8, 4) is 0 Å². The van der Waals surface area contributed by atoms with Crippen LogP contribution in [0.1, 0.15) is 61.6 Å². The van der Waals surface area contributed by atoms with Crippen molar-refractivity contribution in [1.29, 1.82) is 0 Å². The fraction of sp³-hybridized carbons (Fsp3) is 0.571. The summed E-state index contributed by atoms with van der Waals surface area (Å²) in [6.07, 6.45) is 1.06. The first-order chi connectivity index (χ1) is 23.0. The molecule has 0 unspecified atom stereocenters. The number of likely N-dealkylation sites (tertiary alicyclic amines) is 3. The van der Waals surface area contributed by atoms with Crippen LogP contribution in [0.25, 0.3) is 0 Å². The lowest BCUT2D eigenvalue weighted by atomic mass is 9.91. The van der Waals surface area contributed by atoms with E-state index < -0.39 is 23.3 Å². The van der Waals surface area contributed by atoms with E-state index in [2.05, 4.69) is 10.2 Å². The van der Waals surface area contributed by atoms with Crippen molar-refractivity contribution < 1.29 is 27.6 Å². The Morgan fingerprint density at radius 1 is 0.917 bits per heavy atom. The topological polar surface area (TPSA) is 102 Å². The number of nitrogens with two attached hydrogens (primary N) is 1. The summed E-state index contributed by atoms with van der Waals surface area (Å²) in [5.41, 5.74) is 6.19. The number of nitrogens with zero attached hydrogens (tertiary/aromatic N) is 4. The molecular weight excluding hydrogens is 645 g/mol. The second-order valence-corrected chi connectivity index (χ2v) is 14.0. The van der Waals surface area contributed by atoms with E-state index in [1.165, 1.54) is 18.9 Å². The fourth-order valence-corrected chi connectivity index (χ4v) is 8.12. The number of piperidine rings is 2. The van der Waals surface area contributed by atoms with E-state index in [-0.39, 0.29) is 47.3 Å². The number of hydrogen-bond acceptors (Lipinski definition) is 5. The number of halogens is 4. The van der Waals surface area contributed by atoms with Crippen LogP contribution in [-0.2, 0) is 28.6 Å². The van der Waals surface area contributed by atoms with Crippen molar-refractivity contribution in [1.82, 2.24) is 19.6 Å². The van der Waals surface area contributed by atoms with Crippen molar-refractivity contribution >= 4 is 40.8 Å². The summed E-state index contributed by atoms with van der Waals surface area (Å²) in [6, 6.07) is 10.3. The van der Waals surface area contributed by atoms with Crippen LogP contribution in [0.3, 0.4) is 0 Å². The van der Waals surface area contributed by atoms with Gasteiger partial charge in [0.05, 0.1) is 22.2 Å². The van der Waals surface area contributed by atoms with Gasteiger partial charge in [-0.2, -0.15) is 13.2 Å². The first-order valence-corrected chi connectivity index (χ1v) is 17.5. The zero-order valence-corrected chi connectivity index (χ0v) is 27.9. The smallest absolute Gasteiger partial charge is 0.397 e. The molecule has 3 fully saturated rings. The number of nitrogen functional groups attached to an aromatic ring is 1. The van der Waals surface area contributed by atoms with Gasteiger partial charge in [0.15, 0.2) is 0 Å². The Kier molecular flexibility index (Phi) is 10.4. The highest BCUT2D eigenvalue weighted by atomic mass is 35.5. The molecule has 0 saturated carbocycles. The summed E-state index contributed by atoms with van der Waals surface area (Å²) >= 11 is 6.13. The lowest BCUT2D eigenvalue weighted by Gasteiger charge is -2.39. The number of nitrogens with one attached hydrogen (secondary N) is 1. The molecule has 4 heterocycles. The summed E-state index contributed by atoms with van der Waals surface area (Å²) in [5.74, 6) is -1.29. The van der Waals surface area contributed by atoms with Crippen LogP contribution in [0.5, 0.6) is 0 Å². The number of para-hydroxylation sites is 1. The summed E-state index contributed by atoms with van der Waals surface area (Å²) < 4.78 is 41.4. The predicted octanol–water partition coefficient (Wildman–Crippen LogP) is 5.66. The number of amides is 4. The largest absolute Gasteiger partial charge is 0.418 e. The Balaban J connectivity index is 1.12. The number of anilines is 2. The van der Waals surface area contributed by atoms with Crippen molar-refractivity contribution in [3.63, 3.8) is 0 Å². The molecule has 2 aromatic rings. The van der Waals surface area contributed by atoms with Gasteiger partial charge in [-0.3, -0.25) is 9.59 Å². The third-order valence-corrected chi connectivity index (χ3v) is 10.9. The lowest BCUT2D eigenvalue weighted by Crippen LogP contribution is -2.51. The van der Waals surface area contributed by atoms with Crippen LogP contribution in [0.2, 0.25) is 5.02 Å². The van der Waals surface area contributed by atoms with Gasteiger partial charge in [-0.25, -0.2) is 4.79 Å². The molecule has 1 atom stereocenters. The highest BCUT2D eigenvalue weighted by molar-refractivity contribution is 6.33. The minimum absolute atomic E-state index is 0.0320. The minimum Gasteiger partial charge on any atom is -0.397 e. The van der Waals surface area contributed by atoms with Crippen LogP contribution in [0.15, 0.2) is 36.4 Å². The highest BCUT2D eigenvalue weighted by Gasteiger charge is 2.37. The molecule has 0 aromatic heterocycles. The molecule has 0 aliphatic carbocycles. The summed E-state index contributed by atoms with van der Waals surface area (Å²) in [7, 11) is 0. The van der Waals surface area contributed by atoms with E-state index in [1.807, 2.05) is 29.2 Å². The first-order valence-electron chi connectivity index (χ1n) is 17.1. The van der Waals surface area contributed by atoms with Crippen LogP contribution >= 0.6 is 11.6 Å². The monoisotopic (exact) mass is 688 g/mol. The number of rotatable bonds is 7. The zero-order chi connectivity index (χ0) is 34.0. The SMILES string of the molecule is Nc1c(Cl)cc(C[C@@H](CC(=O)N2CCC(N3CCc4ccccc4NC3=O)CC2)C(=O)N2CCC(N3CCCC3)CC2)cc1C(F)(F)F. The molecule has 4 aliphatic heterocycles. The van der Waals surface area contributed by atoms with Gasteiger partial charge in [0.1, 0.15) is 0 Å². The van der Waals surface area contributed by atoms with Gasteiger partial charge in [-0.05, 0) is 93.8 Å². The maximum Gasteiger partial charge on any atom is 0.418 e. The predicted molar refractivity (Wildman–Crippen MR) is 179 cm³/mol. The molecule has 2 aromatic carbocycles. The molecule has 3 N–H and O–H groups in total. The molecule has 0 spiro atoms. The Morgan fingerprint density at radius 3 is 2.25 bits per heavy atom. The molecule has 0 radical (unpaired) electrons. The van der Waals surface area contributed by atoms with Gasteiger partial charge < -0.3 is 30.7 Å². The molecule has 260 valence electrons. The molecule has 3 saturated heterocycles. The number of carbonyl (C=O) groups excluding carboxylic acids is 3. The Morgan fingerprint density at radius 2 is 1.56 bits per heavy atom. The van der Waals surface area contributed by atoms with Crippen LogP contribution in [0, 0.1) is 5.92 Å². The number of fused-ring (bicyclic) bond motifs is 1. The quantitative estimate of drug-likeness (QED) is 0.366. The average molecular weight is 689 g/mol. The van der Waals surface area contributed by atoms with E-state index in [0.29, 0.717) is 51.6 Å². The highest BCUT2D eigenvalue weighted by Crippen LogP contribution is 2.38. The second-order valence-electron chi connectivity index (χ2n) is 13.6.